The first-order chi connectivity index (χ1) is 31.2. The number of carboxylic acids is 1. The first-order valence-corrected chi connectivity index (χ1v) is 23.2. The number of nitrogens with zero attached hydrogens (tertiary/aromatic N) is 2. The minimum Gasteiger partial charge on any atom is -0.502 e. The van der Waals surface area contributed by atoms with Gasteiger partial charge in [0.05, 0.1) is 43.0 Å². The molecule has 0 spiro atoms. The number of unbranched alkanes of at least 4 members (excludes halogenated alkanes) is 3. The highest BCUT2D eigenvalue weighted by molar-refractivity contribution is 8.76. The molecule has 2 aliphatic rings. The fourth-order valence-electron chi connectivity index (χ4n) is 6.64. The molecule has 66 heavy (non-hydrogen) atoms. The van der Waals surface area contributed by atoms with Gasteiger partial charge < -0.3 is 68.9 Å². The van der Waals surface area contributed by atoms with Crippen molar-refractivity contribution in [1.82, 2.24) is 42.1 Å². The molecule has 0 bridgehead atoms. The van der Waals surface area contributed by atoms with E-state index in [9.17, 15) is 73.4 Å². The third-order valence-electron chi connectivity index (χ3n) is 10.1. The summed E-state index contributed by atoms with van der Waals surface area (Å²) in [6.07, 6.45) is -0.493. The molecule has 3 rings (SSSR count). The number of phenolic OH excluding ortho intramolecular Hbond substituents is 1. The Morgan fingerprint density at radius 1 is 0.848 bits per heavy atom. The number of carbonyl (C=O) groups is 10. The SMILES string of the molecule is CCCCCCN[C@@H]1CSSC[C@H](C(N)=O)NC(=O)[C@H](CC(N)=O)NC(=O)[C@@H]2C[C@@H](O)CN2C(=O)CNC(=O)[C@H](Cc2ccc(O)c([N+](=O)[O-])c2)NC(=O)CNC(=O)[C@@H](CC(=O)O)NC1=O. The van der Waals surface area contributed by atoms with Crippen molar-refractivity contribution in [1.29, 1.82) is 0 Å². The Hall–Kier alpha value is -6.26. The number of nitrogens with two attached hydrogens (primary N) is 2. The number of phenols is 1. The Bertz CT molecular complexity index is 2000. The van der Waals surface area contributed by atoms with Crippen LogP contribution in [-0.2, 0) is 54.4 Å². The van der Waals surface area contributed by atoms with Gasteiger partial charge in [-0.05, 0) is 24.6 Å². The van der Waals surface area contributed by atoms with Crippen molar-refractivity contribution in [3.63, 3.8) is 0 Å². The Kier molecular flexibility index (Phi) is 21.8. The van der Waals surface area contributed by atoms with Gasteiger partial charge in [0.1, 0.15) is 30.2 Å². The third kappa shape index (κ3) is 17.6. The number of nitro benzene ring substituents is 1. The smallest absolute Gasteiger partial charge is 0.310 e. The van der Waals surface area contributed by atoms with E-state index in [1.54, 1.807) is 0 Å². The summed E-state index contributed by atoms with van der Waals surface area (Å²) in [6.45, 7) is 0.176. The van der Waals surface area contributed by atoms with Gasteiger partial charge in [0, 0.05) is 37.0 Å². The van der Waals surface area contributed by atoms with Gasteiger partial charge in [-0.2, -0.15) is 0 Å². The predicted molar refractivity (Wildman–Crippen MR) is 234 cm³/mol. The van der Waals surface area contributed by atoms with Crippen LogP contribution in [0, 0.1) is 10.1 Å². The number of hydrogen-bond acceptors (Lipinski definition) is 17. The normalized spacial score (nSPS) is 24.7. The van der Waals surface area contributed by atoms with E-state index < -0.39 is 157 Å². The Morgan fingerprint density at radius 2 is 1.50 bits per heavy atom. The molecule has 1 aromatic rings. The van der Waals surface area contributed by atoms with Crippen LogP contribution in [0.5, 0.6) is 5.75 Å². The summed E-state index contributed by atoms with van der Waals surface area (Å²) in [6, 6.07) is -5.87. The number of amides is 9. The lowest BCUT2D eigenvalue weighted by Crippen LogP contribution is -2.58. The Labute approximate surface area is 385 Å². The number of aliphatic hydroxyl groups excluding tert-OH is 1. The maximum Gasteiger partial charge on any atom is 0.310 e. The van der Waals surface area contributed by atoms with Crippen molar-refractivity contribution in [2.75, 3.05) is 37.7 Å². The summed E-state index contributed by atoms with van der Waals surface area (Å²) in [5, 5.41) is 58.5. The number of carbonyl (C=O) groups excluding carboxylic acids is 9. The van der Waals surface area contributed by atoms with Crippen LogP contribution in [0.1, 0.15) is 57.4 Å². The monoisotopic (exact) mass is 969 g/mol. The predicted octanol–water partition coefficient (Wildman–Crippen LogP) is -4.25. The first kappa shape index (κ1) is 54.1. The zero-order chi connectivity index (χ0) is 49.1. The van der Waals surface area contributed by atoms with Crippen LogP contribution < -0.4 is 48.7 Å². The number of rotatable bonds is 14. The first-order valence-electron chi connectivity index (χ1n) is 20.7. The molecule has 26 nitrogen and oxygen atoms in total. The lowest BCUT2D eigenvalue weighted by atomic mass is 10.0. The second-order valence-electron chi connectivity index (χ2n) is 15.3. The lowest BCUT2D eigenvalue weighted by Gasteiger charge is -2.27. The second-order valence-corrected chi connectivity index (χ2v) is 17.8. The maximum absolute atomic E-state index is 13.6. The molecule has 2 fully saturated rings. The minimum atomic E-state index is -1.72. The zero-order valence-electron chi connectivity index (χ0n) is 35.8. The summed E-state index contributed by atoms with van der Waals surface area (Å²) in [5.41, 5.74) is 10.2. The molecule has 2 saturated heterocycles. The molecule has 28 heteroatoms. The van der Waals surface area contributed by atoms with Gasteiger partial charge in [0.2, 0.25) is 53.2 Å². The van der Waals surface area contributed by atoms with Gasteiger partial charge in [-0.15, -0.1) is 0 Å². The van der Waals surface area contributed by atoms with Crippen molar-refractivity contribution in [3.8, 4) is 5.75 Å². The van der Waals surface area contributed by atoms with Gasteiger partial charge in [-0.1, -0.05) is 53.8 Å². The number of hydrogen-bond donors (Lipinski definition) is 12. The fourth-order valence-corrected chi connectivity index (χ4v) is 9.01. The number of aromatic hydroxyl groups is 1. The molecule has 1 aromatic carbocycles. The fraction of sp³-hybridized carbons (Fsp3) is 0.579. The van der Waals surface area contributed by atoms with Crippen LogP contribution >= 0.6 is 21.6 Å². The number of fused-ring (bicyclic) bond motifs is 1. The summed E-state index contributed by atoms with van der Waals surface area (Å²) in [5.74, 6) is -11.6. The highest BCUT2D eigenvalue weighted by Gasteiger charge is 2.41. The van der Waals surface area contributed by atoms with E-state index in [1.807, 2.05) is 6.92 Å². The zero-order valence-corrected chi connectivity index (χ0v) is 37.4. The quantitative estimate of drug-likeness (QED) is 0.0363. The number of carboxylic acid groups (broad SMARTS) is 1. The molecule has 2 heterocycles. The van der Waals surface area contributed by atoms with E-state index in [0.29, 0.717) is 13.0 Å². The largest absolute Gasteiger partial charge is 0.502 e. The van der Waals surface area contributed by atoms with E-state index in [1.165, 1.54) is 6.07 Å². The molecule has 0 unspecified atom stereocenters. The molecule has 0 saturated carbocycles. The van der Waals surface area contributed by atoms with Gasteiger partial charge in [0.15, 0.2) is 5.75 Å². The van der Waals surface area contributed by atoms with E-state index in [4.69, 9.17) is 11.5 Å². The molecule has 364 valence electrons. The van der Waals surface area contributed by atoms with Crippen molar-refractivity contribution in [2.24, 2.45) is 11.5 Å². The topological polar surface area (TPSA) is 414 Å². The highest BCUT2D eigenvalue weighted by Crippen LogP contribution is 2.27. The molecule has 9 amide bonds. The number of benzene rings is 1. The van der Waals surface area contributed by atoms with E-state index in [0.717, 1.165) is 57.9 Å². The summed E-state index contributed by atoms with van der Waals surface area (Å²) < 4.78 is 0. The average Bonchev–Trinajstić information content (AvgIpc) is 3.65. The number of aliphatic hydroxyl groups is 1. The number of aliphatic carboxylic acids is 1. The number of nitro groups is 1. The Balaban J connectivity index is 2.00. The number of nitrogens with one attached hydrogen (secondary N) is 7. The van der Waals surface area contributed by atoms with Crippen molar-refractivity contribution < 1.29 is 68.2 Å². The van der Waals surface area contributed by atoms with Crippen LogP contribution in [0.15, 0.2) is 18.2 Å². The van der Waals surface area contributed by atoms with Gasteiger partial charge >= 0.3 is 11.7 Å². The average molecular weight is 970 g/mol. The molecule has 0 aliphatic carbocycles. The highest BCUT2D eigenvalue weighted by atomic mass is 33.1. The number of primary amides is 2. The maximum atomic E-state index is 13.6. The van der Waals surface area contributed by atoms with Gasteiger partial charge in [-0.25, -0.2) is 0 Å². The van der Waals surface area contributed by atoms with Gasteiger partial charge in [-0.3, -0.25) is 58.1 Å². The van der Waals surface area contributed by atoms with E-state index in [-0.39, 0.29) is 23.5 Å². The summed E-state index contributed by atoms with van der Waals surface area (Å²) in [4.78, 5) is 142. The van der Waals surface area contributed by atoms with Crippen LogP contribution in [0.25, 0.3) is 0 Å². The van der Waals surface area contributed by atoms with Crippen molar-refractivity contribution >= 4 is 86.4 Å². The molecular formula is C38H55N11O15S2. The minimum absolute atomic E-state index is 0.0377. The summed E-state index contributed by atoms with van der Waals surface area (Å²) in [7, 11) is 2.03. The summed E-state index contributed by atoms with van der Waals surface area (Å²) >= 11 is 0. The van der Waals surface area contributed by atoms with Crippen molar-refractivity contribution in [2.45, 2.75) is 101 Å². The van der Waals surface area contributed by atoms with Crippen LogP contribution in [-0.4, -0.2) is 164 Å². The molecular weight excluding hydrogens is 915 g/mol. The molecule has 0 aromatic heterocycles. The standard InChI is InChI=1S/C38H55N11O15S2/c1-2-3-4-5-8-41-25-18-66-65-17-24(33(40)57)47-36(60)22(12-29(39)52)46-38(62)27-11-20(50)16-48(27)31(54)15-43-34(58)21(9-19-6-7-28(51)26(10-19)49(63)64)44-30(53)14-42-35(59)23(13-32(55)56)45-37(25)61/h6-7,10,20-25,27,41,50-51H,2-5,8-9,11-18H2,1H3,(H2,39,52)(H2,40,57)(H,42,59)(H,43,58)(H,44,53)(H,45,61)(H,46,62)(H,47,60)(H,55,56)/t20-,21+,22+,23-,24-,25-,27+/m1/s1. The third-order valence-corrected chi connectivity index (χ3v) is 12.5. The molecule has 7 atom stereocenters. The van der Waals surface area contributed by atoms with Crippen LogP contribution in [0.4, 0.5) is 5.69 Å². The molecule has 0 radical (unpaired) electrons. The molecule has 14 N–H and O–H groups in total. The molecule has 2 aliphatic heterocycles. The van der Waals surface area contributed by atoms with E-state index in [2.05, 4.69) is 37.2 Å². The van der Waals surface area contributed by atoms with Gasteiger partial charge in [0.25, 0.3) is 0 Å². The second kappa shape index (κ2) is 26.6. The Morgan fingerprint density at radius 3 is 2.15 bits per heavy atom. The van der Waals surface area contributed by atoms with Crippen LogP contribution in [0.3, 0.4) is 0 Å². The van der Waals surface area contributed by atoms with E-state index >= 15 is 0 Å². The lowest BCUT2D eigenvalue weighted by molar-refractivity contribution is -0.385. The van der Waals surface area contributed by atoms with Crippen molar-refractivity contribution in [3.05, 3.63) is 33.9 Å². The van der Waals surface area contributed by atoms with Crippen LogP contribution in [0.2, 0.25) is 0 Å².